The molecule has 2 aromatic rings. The lowest BCUT2D eigenvalue weighted by atomic mass is 10.1. The minimum atomic E-state index is -0.855. The van der Waals surface area contributed by atoms with Gasteiger partial charge in [0.25, 0.3) is 0 Å². The molecule has 0 aliphatic heterocycles. The lowest BCUT2D eigenvalue weighted by Gasteiger charge is -2.15. The maximum Gasteiger partial charge on any atom is 0.321 e. The molecule has 2 N–H and O–H groups in total. The van der Waals surface area contributed by atoms with Gasteiger partial charge in [0.05, 0.1) is 6.61 Å². The molecule has 5 heteroatoms. The average molecular weight is 329 g/mol. The molecule has 0 spiro atoms. The molecule has 0 aromatic heterocycles. The van der Waals surface area contributed by atoms with E-state index in [-0.39, 0.29) is 0 Å². The SMILES string of the molecule is COCCOc1cccc(CN[C@@H](Cc2ccccc2)C(=O)O)c1. The predicted octanol–water partition coefficient (Wildman–Crippen LogP) is 2.50. The van der Waals surface area contributed by atoms with Gasteiger partial charge in [-0.05, 0) is 29.7 Å². The molecule has 1 atom stereocenters. The summed E-state index contributed by atoms with van der Waals surface area (Å²) in [5.74, 6) is -0.104. The highest BCUT2D eigenvalue weighted by Crippen LogP contribution is 2.13. The zero-order chi connectivity index (χ0) is 17.2. The number of benzene rings is 2. The fourth-order valence-corrected chi connectivity index (χ4v) is 2.33. The second kappa shape index (κ2) is 9.70. The van der Waals surface area contributed by atoms with Gasteiger partial charge in [-0.1, -0.05) is 42.5 Å². The van der Waals surface area contributed by atoms with E-state index in [2.05, 4.69) is 5.32 Å². The molecule has 0 aliphatic carbocycles. The van der Waals surface area contributed by atoms with E-state index in [4.69, 9.17) is 9.47 Å². The van der Waals surface area contributed by atoms with Gasteiger partial charge in [-0.25, -0.2) is 0 Å². The highest BCUT2D eigenvalue weighted by Gasteiger charge is 2.17. The van der Waals surface area contributed by atoms with Crippen LogP contribution in [0.5, 0.6) is 5.75 Å². The topological polar surface area (TPSA) is 67.8 Å². The monoisotopic (exact) mass is 329 g/mol. The van der Waals surface area contributed by atoms with Crippen molar-refractivity contribution in [1.82, 2.24) is 5.32 Å². The third-order valence-corrected chi connectivity index (χ3v) is 3.59. The van der Waals surface area contributed by atoms with E-state index >= 15 is 0 Å². The number of hydrogen-bond acceptors (Lipinski definition) is 4. The van der Waals surface area contributed by atoms with E-state index in [1.165, 1.54) is 0 Å². The van der Waals surface area contributed by atoms with Crippen LogP contribution in [0.1, 0.15) is 11.1 Å². The van der Waals surface area contributed by atoms with Gasteiger partial charge in [-0.15, -0.1) is 0 Å². The van der Waals surface area contributed by atoms with Crippen LogP contribution in [0.15, 0.2) is 54.6 Å². The Bertz CT molecular complexity index is 630. The maximum absolute atomic E-state index is 11.5. The lowest BCUT2D eigenvalue weighted by Crippen LogP contribution is -2.38. The summed E-state index contributed by atoms with van der Waals surface area (Å²) in [5, 5.41) is 12.5. The van der Waals surface area contributed by atoms with Crippen LogP contribution in [-0.4, -0.2) is 37.4 Å². The van der Waals surface area contributed by atoms with Crippen molar-refractivity contribution in [3.05, 3.63) is 65.7 Å². The molecule has 0 amide bonds. The molecule has 0 saturated carbocycles. The molecule has 0 fully saturated rings. The number of carboxylic acid groups (broad SMARTS) is 1. The van der Waals surface area contributed by atoms with Gasteiger partial charge in [0, 0.05) is 13.7 Å². The fraction of sp³-hybridized carbons (Fsp3) is 0.316. The van der Waals surface area contributed by atoms with Gasteiger partial charge in [-0.3, -0.25) is 4.79 Å². The quantitative estimate of drug-likeness (QED) is 0.656. The third-order valence-electron chi connectivity index (χ3n) is 3.59. The third kappa shape index (κ3) is 6.02. The van der Waals surface area contributed by atoms with E-state index in [1.807, 2.05) is 54.6 Å². The van der Waals surface area contributed by atoms with Crippen molar-refractivity contribution in [2.45, 2.75) is 19.0 Å². The number of rotatable bonds is 10. The Kier molecular flexibility index (Phi) is 7.26. The number of aliphatic carboxylic acids is 1. The van der Waals surface area contributed by atoms with Crippen LogP contribution >= 0.6 is 0 Å². The summed E-state index contributed by atoms with van der Waals surface area (Å²) in [6.45, 7) is 1.48. The number of ether oxygens (including phenoxy) is 2. The predicted molar refractivity (Wildman–Crippen MR) is 92.2 cm³/mol. The van der Waals surface area contributed by atoms with Gasteiger partial charge >= 0.3 is 5.97 Å². The normalized spacial score (nSPS) is 11.9. The van der Waals surface area contributed by atoms with Crippen LogP contribution in [0.25, 0.3) is 0 Å². The van der Waals surface area contributed by atoms with E-state index in [1.54, 1.807) is 7.11 Å². The molecule has 0 radical (unpaired) electrons. The van der Waals surface area contributed by atoms with Crippen LogP contribution in [0.3, 0.4) is 0 Å². The fourth-order valence-electron chi connectivity index (χ4n) is 2.33. The zero-order valence-electron chi connectivity index (χ0n) is 13.8. The van der Waals surface area contributed by atoms with E-state index in [0.717, 1.165) is 16.9 Å². The molecule has 24 heavy (non-hydrogen) atoms. The highest BCUT2D eigenvalue weighted by atomic mass is 16.5. The van der Waals surface area contributed by atoms with Crippen molar-refractivity contribution in [3.8, 4) is 5.75 Å². The van der Waals surface area contributed by atoms with Crippen molar-refractivity contribution in [1.29, 1.82) is 0 Å². The van der Waals surface area contributed by atoms with Crippen LogP contribution in [0.2, 0.25) is 0 Å². The van der Waals surface area contributed by atoms with Crippen LogP contribution in [0, 0.1) is 0 Å². The first-order valence-electron chi connectivity index (χ1n) is 7.90. The minimum Gasteiger partial charge on any atom is -0.491 e. The summed E-state index contributed by atoms with van der Waals surface area (Å²) < 4.78 is 10.5. The zero-order valence-corrected chi connectivity index (χ0v) is 13.8. The van der Waals surface area contributed by atoms with Crippen LogP contribution < -0.4 is 10.1 Å². The Labute approximate surface area is 142 Å². The molecule has 2 aromatic carbocycles. The summed E-state index contributed by atoms with van der Waals surface area (Å²) >= 11 is 0. The number of methoxy groups -OCH3 is 1. The molecule has 0 heterocycles. The number of nitrogens with one attached hydrogen (secondary N) is 1. The van der Waals surface area contributed by atoms with Gasteiger partial charge in [0.2, 0.25) is 0 Å². The van der Waals surface area contributed by atoms with Crippen molar-refractivity contribution in [2.75, 3.05) is 20.3 Å². The smallest absolute Gasteiger partial charge is 0.321 e. The van der Waals surface area contributed by atoms with Crippen LogP contribution in [0.4, 0.5) is 0 Å². The molecular weight excluding hydrogens is 306 g/mol. The highest BCUT2D eigenvalue weighted by molar-refractivity contribution is 5.73. The second-order valence-electron chi connectivity index (χ2n) is 5.45. The van der Waals surface area contributed by atoms with Crippen LogP contribution in [-0.2, 0) is 22.5 Å². The van der Waals surface area contributed by atoms with Gasteiger partial charge in [0.15, 0.2) is 0 Å². The second-order valence-corrected chi connectivity index (χ2v) is 5.45. The summed E-state index contributed by atoms with van der Waals surface area (Å²) in [5.41, 5.74) is 1.97. The summed E-state index contributed by atoms with van der Waals surface area (Å²) in [4.78, 5) is 11.5. The largest absolute Gasteiger partial charge is 0.491 e. The van der Waals surface area contributed by atoms with Crippen molar-refractivity contribution in [3.63, 3.8) is 0 Å². The lowest BCUT2D eigenvalue weighted by molar-refractivity contribution is -0.139. The number of hydrogen-bond donors (Lipinski definition) is 2. The van der Waals surface area contributed by atoms with E-state index in [0.29, 0.717) is 26.2 Å². The first kappa shape index (κ1) is 18.0. The average Bonchev–Trinajstić information content (AvgIpc) is 2.60. The summed E-state index contributed by atoms with van der Waals surface area (Å²) in [6, 6.07) is 16.6. The molecular formula is C19H23NO4. The first-order chi connectivity index (χ1) is 11.7. The Hall–Kier alpha value is -2.37. The summed E-state index contributed by atoms with van der Waals surface area (Å²) in [7, 11) is 1.63. The van der Waals surface area contributed by atoms with Crippen molar-refractivity contribution < 1.29 is 19.4 Å². The molecule has 0 bridgehead atoms. The summed E-state index contributed by atoms with van der Waals surface area (Å²) in [6.07, 6.45) is 0.445. The molecule has 5 nitrogen and oxygen atoms in total. The molecule has 0 unspecified atom stereocenters. The van der Waals surface area contributed by atoms with Gasteiger partial charge in [0.1, 0.15) is 18.4 Å². The first-order valence-corrected chi connectivity index (χ1v) is 7.90. The van der Waals surface area contributed by atoms with E-state index in [9.17, 15) is 9.90 Å². The van der Waals surface area contributed by atoms with Gasteiger partial charge < -0.3 is 19.9 Å². The standard InChI is InChI=1S/C19H23NO4/c1-23-10-11-24-17-9-5-8-16(12-17)14-20-18(19(21)22)13-15-6-3-2-4-7-15/h2-9,12,18,20H,10-11,13-14H2,1H3,(H,21,22)/t18-/m0/s1. The Balaban J connectivity index is 1.91. The van der Waals surface area contributed by atoms with Gasteiger partial charge in [-0.2, -0.15) is 0 Å². The molecule has 2 rings (SSSR count). The van der Waals surface area contributed by atoms with E-state index < -0.39 is 12.0 Å². The minimum absolute atomic E-state index is 0.445. The number of carbonyl (C=O) groups is 1. The molecule has 128 valence electrons. The maximum atomic E-state index is 11.5. The van der Waals surface area contributed by atoms with Crippen molar-refractivity contribution in [2.24, 2.45) is 0 Å². The molecule has 0 saturated heterocycles. The Morgan fingerprint density at radius 3 is 2.54 bits per heavy atom. The van der Waals surface area contributed by atoms with Crippen molar-refractivity contribution >= 4 is 5.97 Å². The Morgan fingerprint density at radius 2 is 1.83 bits per heavy atom. The molecule has 0 aliphatic rings. The Morgan fingerprint density at radius 1 is 1.08 bits per heavy atom. The number of carboxylic acids is 1.